The van der Waals surface area contributed by atoms with E-state index in [1.54, 1.807) is 12.0 Å². The van der Waals surface area contributed by atoms with Crippen LogP contribution < -0.4 is 9.64 Å². The van der Waals surface area contributed by atoms with Crippen molar-refractivity contribution in [2.24, 2.45) is 5.92 Å². The molecule has 1 aliphatic carbocycles. The molecule has 1 saturated carbocycles. The number of fused-ring (bicyclic) bond motifs is 1. The molecule has 1 aromatic rings. The number of methoxy groups -OCH3 is 1. The first-order valence-corrected chi connectivity index (χ1v) is 10.7. The fourth-order valence-electron chi connectivity index (χ4n) is 3.59. The van der Waals surface area contributed by atoms with Crippen LogP contribution in [0.25, 0.3) is 0 Å². The zero-order valence-corrected chi connectivity index (χ0v) is 18.3. The lowest BCUT2D eigenvalue weighted by Gasteiger charge is -2.40. The Bertz CT molecular complexity index is 783. The quantitative estimate of drug-likeness (QED) is 0.462. The number of imidazole rings is 1. The van der Waals surface area contributed by atoms with E-state index in [1.807, 2.05) is 11.9 Å². The van der Waals surface area contributed by atoms with Crippen LogP contribution >= 0.6 is 0 Å². The summed E-state index contributed by atoms with van der Waals surface area (Å²) in [5.74, 6) is 2.03. The molecule has 3 rings (SSSR count). The summed E-state index contributed by atoms with van der Waals surface area (Å²) >= 11 is 0. The van der Waals surface area contributed by atoms with Crippen LogP contribution in [-0.4, -0.2) is 47.8 Å². The summed E-state index contributed by atoms with van der Waals surface area (Å²) in [7, 11) is 3.50. The van der Waals surface area contributed by atoms with Crippen molar-refractivity contribution in [3.8, 4) is 6.01 Å². The molecule has 7 heteroatoms. The standard InChI is InChI=1S/C22H34N4O3/c1-6-8-10-17(12-11-16-14-15(16)3)29-21-23-18-19(24-21)25(4)22(28-5)26(20(18)27)13-9-7-2/h10-11,15,22H,6-9,12-14H2,1-5H3,(H,23,24)/b16-11+,17-10+. The van der Waals surface area contributed by atoms with Gasteiger partial charge in [0.1, 0.15) is 5.76 Å². The Morgan fingerprint density at radius 2 is 2.10 bits per heavy atom. The average molecular weight is 403 g/mol. The summed E-state index contributed by atoms with van der Waals surface area (Å²) < 4.78 is 11.7. The Hall–Kier alpha value is -2.28. The summed E-state index contributed by atoms with van der Waals surface area (Å²) in [6, 6.07) is 0.354. The predicted molar refractivity (Wildman–Crippen MR) is 114 cm³/mol. The molecule has 0 saturated heterocycles. The van der Waals surface area contributed by atoms with E-state index < -0.39 is 6.35 Å². The molecule has 0 spiro atoms. The number of unbranched alkanes of at least 4 members (excludes halogenated alkanes) is 2. The Labute approximate surface area is 173 Å². The molecule has 0 bridgehead atoms. The molecule has 1 fully saturated rings. The number of allylic oxidation sites excluding steroid dienone is 3. The van der Waals surface area contributed by atoms with E-state index in [0.29, 0.717) is 30.0 Å². The van der Waals surface area contributed by atoms with Gasteiger partial charge >= 0.3 is 6.01 Å². The first kappa shape index (κ1) is 21.4. The molecule has 1 amide bonds. The molecule has 1 N–H and O–H groups in total. The minimum absolute atomic E-state index is 0.103. The number of carbonyl (C=O) groups is 1. The zero-order valence-electron chi connectivity index (χ0n) is 18.3. The number of hydrogen-bond acceptors (Lipinski definition) is 5. The average Bonchev–Trinajstić information content (AvgIpc) is 3.25. The van der Waals surface area contributed by atoms with Gasteiger partial charge in [0.25, 0.3) is 5.91 Å². The van der Waals surface area contributed by atoms with E-state index in [2.05, 4.69) is 42.9 Å². The van der Waals surface area contributed by atoms with Crippen LogP contribution in [0.15, 0.2) is 23.5 Å². The maximum Gasteiger partial charge on any atom is 0.301 e. The minimum atomic E-state index is -0.464. The smallest absolute Gasteiger partial charge is 0.301 e. The molecule has 1 aromatic heterocycles. The highest BCUT2D eigenvalue weighted by molar-refractivity contribution is 5.99. The number of H-pyrrole nitrogens is 1. The molecule has 160 valence electrons. The van der Waals surface area contributed by atoms with Crippen LogP contribution in [0.5, 0.6) is 6.01 Å². The van der Waals surface area contributed by atoms with Crippen molar-refractivity contribution in [3.05, 3.63) is 29.2 Å². The third kappa shape index (κ3) is 4.83. The third-order valence-electron chi connectivity index (χ3n) is 5.50. The maximum absolute atomic E-state index is 13.0. The van der Waals surface area contributed by atoms with Crippen molar-refractivity contribution in [2.45, 2.75) is 65.6 Å². The molecule has 2 aliphatic rings. The summed E-state index contributed by atoms with van der Waals surface area (Å²) in [4.78, 5) is 24.3. The summed E-state index contributed by atoms with van der Waals surface area (Å²) in [6.07, 6.45) is 9.76. The van der Waals surface area contributed by atoms with Gasteiger partial charge in [-0.3, -0.25) is 9.69 Å². The van der Waals surface area contributed by atoms with Gasteiger partial charge in [-0.25, -0.2) is 0 Å². The van der Waals surface area contributed by atoms with Crippen LogP contribution in [0.4, 0.5) is 5.82 Å². The Morgan fingerprint density at radius 3 is 2.72 bits per heavy atom. The molecular formula is C22H34N4O3. The molecule has 1 aliphatic heterocycles. The number of carbonyl (C=O) groups excluding carboxylic acids is 1. The first-order valence-electron chi connectivity index (χ1n) is 10.7. The number of aromatic nitrogens is 2. The normalized spacial score (nSPS) is 23.0. The highest BCUT2D eigenvalue weighted by Gasteiger charge is 2.39. The fraction of sp³-hybridized carbons (Fsp3) is 0.636. The number of hydrogen-bond donors (Lipinski definition) is 1. The van der Waals surface area contributed by atoms with Crippen LogP contribution in [0, 0.1) is 5.92 Å². The summed E-state index contributed by atoms with van der Waals surface area (Å²) in [5.41, 5.74) is 1.94. The highest BCUT2D eigenvalue weighted by Crippen LogP contribution is 2.37. The second-order valence-electron chi connectivity index (χ2n) is 7.92. The van der Waals surface area contributed by atoms with E-state index in [4.69, 9.17) is 9.47 Å². The van der Waals surface area contributed by atoms with Crippen molar-refractivity contribution in [1.29, 1.82) is 0 Å². The topological polar surface area (TPSA) is 70.7 Å². The van der Waals surface area contributed by atoms with Gasteiger partial charge in [-0.15, -0.1) is 0 Å². The number of rotatable bonds is 10. The van der Waals surface area contributed by atoms with E-state index in [9.17, 15) is 4.79 Å². The van der Waals surface area contributed by atoms with Gasteiger partial charge in [-0.1, -0.05) is 45.3 Å². The van der Waals surface area contributed by atoms with Crippen LogP contribution in [0.3, 0.4) is 0 Å². The van der Waals surface area contributed by atoms with Crippen LogP contribution in [0.1, 0.15) is 69.8 Å². The zero-order chi connectivity index (χ0) is 21.0. The number of nitrogens with one attached hydrogen (secondary N) is 1. The summed E-state index contributed by atoms with van der Waals surface area (Å²) in [6.45, 7) is 7.13. The Balaban J connectivity index is 1.80. The lowest BCUT2D eigenvalue weighted by Crippen LogP contribution is -2.55. The lowest BCUT2D eigenvalue weighted by atomic mass is 10.2. The van der Waals surface area contributed by atoms with E-state index in [-0.39, 0.29) is 5.91 Å². The number of amides is 1. The van der Waals surface area contributed by atoms with E-state index in [0.717, 1.165) is 37.9 Å². The van der Waals surface area contributed by atoms with Gasteiger partial charge in [0.2, 0.25) is 6.35 Å². The highest BCUT2D eigenvalue weighted by atomic mass is 16.5. The summed E-state index contributed by atoms with van der Waals surface area (Å²) in [5, 5.41) is 0. The fourth-order valence-corrected chi connectivity index (χ4v) is 3.59. The van der Waals surface area contributed by atoms with Gasteiger partial charge in [0.15, 0.2) is 11.5 Å². The molecule has 0 radical (unpaired) electrons. The van der Waals surface area contributed by atoms with Crippen molar-refractivity contribution in [2.75, 3.05) is 25.6 Å². The largest absolute Gasteiger partial charge is 0.430 e. The molecular weight excluding hydrogens is 368 g/mol. The predicted octanol–water partition coefficient (Wildman–Crippen LogP) is 4.45. The first-order chi connectivity index (χ1) is 14.0. The van der Waals surface area contributed by atoms with Crippen molar-refractivity contribution < 1.29 is 14.3 Å². The second-order valence-corrected chi connectivity index (χ2v) is 7.92. The lowest BCUT2D eigenvalue weighted by molar-refractivity contribution is -0.0244. The Morgan fingerprint density at radius 1 is 1.34 bits per heavy atom. The number of anilines is 1. The number of ether oxygens (including phenoxy) is 2. The van der Waals surface area contributed by atoms with E-state index in [1.165, 1.54) is 12.0 Å². The van der Waals surface area contributed by atoms with Crippen LogP contribution in [0.2, 0.25) is 0 Å². The van der Waals surface area contributed by atoms with Crippen LogP contribution in [-0.2, 0) is 4.74 Å². The Kier molecular flexibility index (Phi) is 7.00. The minimum Gasteiger partial charge on any atom is -0.430 e. The van der Waals surface area contributed by atoms with Gasteiger partial charge in [-0.2, -0.15) is 4.98 Å². The van der Waals surface area contributed by atoms with Crippen molar-refractivity contribution in [1.82, 2.24) is 14.9 Å². The molecule has 2 heterocycles. The molecule has 2 unspecified atom stereocenters. The number of aromatic amines is 1. The maximum atomic E-state index is 13.0. The third-order valence-corrected chi connectivity index (χ3v) is 5.50. The van der Waals surface area contributed by atoms with Gasteiger partial charge in [0, 0.05) is 27.1 Å². The monoisotopic (exact) mass is 402 g/mol. The van der Waals surface area contributed by atoms with Gasteiger partial charge in [0.05, 0.1) is 0 Å². The van der Waals surface area contributed by atoms with E-state index >= 15 is 0 Å². The SMILES string of the molecule is CCC/C=C(\C/C=C1\CC1C)Oc1nc2c([nH]1)C(=O)N(CCCC)C(OC)N2C. The number of nitrogens with zero attached hydrogens (tertiary/aromatic N) is 3. The molecule has 0 aromatic carbocycles. The second kappa shape index (κ2) is 9.48. The van der Waals surface area contributed by atoms with Gasteiger partial charge in [-0.05, 0) is 31.3 Å². The van der Waals surface area contributed by atoms with Gasteiger partial charge < -0.3 is 19.4 Å². The van der Waals surface area contributed by atoms with Crippen molar-refractivity contribution >= 4 is 11.7 Å². The molecule has 2 atom stereocenters. The van der Waals surface area contributed by atoms with Crippen molar-refractivity contribution in [3.63, 3.8) is 0 Å². The molecule has 29 heavy (non-hydrogen) atoms. The molecule has 7 nitrogen and oxygen atoms in total.